The molecule has 0 radical (unpaired) electrons. The molecule has 0 bridgehead atoms. The Labute approximate surface area is 220 Å². The van der Waals surface area contributed by atoms with Crippen LogP contribution in [0.4, 0.5) is 5.82 Å². The van der Waals surface area contributed by atoms with Crippen molar-refractivity contribution in [2.45, 2.75) is 33.4 Å². The van der Waals surface area contributed by atoms with Crippen LogP contribution in [0.1, 0.15) is 35.6 Å². The number of pyridine rings is 1. The topological polar surface area (TPSA) is 87.8 Å². The fourth-order valence-electron chi connectivity index (χ4n) is 4.37. The molecule has 0 spiro atoms. The van der Waals surface area contributed by atoms with Crippen LogP contribution in [0.3, 0.4) is 0 Å². The van der Waals surface area contributed by atoms with Crippen molar-refractivity contribution in [2.24, 2.45) is 0 Å². The lowest BCUT2D eigenvalue weighted by molar-refractivity contribution is -0.122. The van der Waals surface area contributed by atoms with Crippen LogP contribution in [-0.2, 0) is 22.6 Å². The zero-order valence-corrected chi connectivity index (χ0v) is 22.2. The second-order valence-electron chi connectivity index (χ2n) is 8.52. The van der Waals surface area contributed by atoms with E-state index in [9.17, 15) is 14.9 Å². The summed E-state index contributed by atoms with van der Waals surface area (Å²) in [5.74, 6) is 1.27. The lowest BCUT2D eigenvalue weighted by atomic mass is 10.0. The Morgan fingerprint density at radius 1 is 1.22 bits per heavy atom. The molecule has 0 atom stereocenters. The molecule has 1 aromatic carbocycles. The summed E-state index contributed by atoms with van der Waals surface area (Å²) < 4.78 is 12.9. The third-order valence-corrected chi connectivity index (χ3v) is 7.63. The molecule has 8 nitrogen and oxygen atoms in total. The normalized spacial score (nSPS) is 17.1. The monoisotopic (exact) mass is 524 g/mol. The number of methoxy groups -OCH3 is 1. The fraction of sp³-hybridized carbons (Fsp3) is 0.385. The first-order valence-electron chi connectivity index (χ1n) is 11.8. The third kappa shape index (κ3) is 5.05. The Morgan fingerprint density at radius 2 is 1.92 bits per heavy atom. The molecule has 2 saturated heterocycles. The third-order valence-electron chi connectivity index (χ3n) is 6.25. The highest BCUT2D eigenvalue weighted by Crippen LogP contribution is 2.37. The van der Waals surface area contributed by atoms with Gasteiger partial charge in [0.25, 0.3) is 11.5 Å². The first-order chi connectivity index (χ1) is 17.4. The van der Waals surface area contributed by atoms with Crippen molar-refractivity contribution >= 4 is 46.1 Å². The quantitative estimate of drug-likeness (QED) is 0.400. The number of nitrogens with zero attached hydrogens (tertiary/aromatic N) is 4. The number of thioether (sulfide) groups is 1. The predicted molar refractivity (Wildman–Crippen MR) is 145 cm³/mol. The van der Waals surface area contributed by atoms with Crippen molar-refractivity contribution in [1.82, 2.24) is 9.47 Å². The summed E-state index contributed by atoms with van der Waals surface area (Å²) in [5.41, 5.74) is 1.99. The highest BCUT2D eigenvalue weighted by atomic mass is 32.2. The molecule has 0 aliphatic carbocycles. The number of anilines is 1. The number of aromatic nitrogens is 1. The average molecular weight is 525 g/mol. The van der Waals surface area contributed by atoms with Crippen molar-refractivity contribution in [2.75, 3.05) is 38.3 Å². The molecule has 10 heteroatoms. The number of amides is 1. The smallest absolute Gasteiger partial charge is 0.270 e. The van der Waals surface area contributed by atoms with Gasteiger partial charge in [-0.1, -0.05) is 43.0 Å². The fourth-order valence-corrected chi connectivity index (χ4v) is 5.61. The Kier molecular flexibility index (Phi) is 8.14. The molecule has 36 heavy (non-hydrogen) atoms. The van der Waals surface area contributed by atoms with E-state index in [1.807, 2.05) is 31.2 Å². The molecule has 0 saturated carbocycles. The largest absolute Gasteiger partial charge is 0.497 e. The van der Waals surface area contributed by atoms with Gasteiger partial charge in [-0.3, -0.25) is 19.1 Å². The number of thiocarbonyl (C=S) groups is 1. The Balaban J connectivity index is 1.77. The van der Waals surface area contributed by atoms with Crippen LogP contribution < -0.4 is 15.2 Å². The van der Waals surface area contributed by atoms with Gasteiger partial charge in [0, 0.05) is 25.2 Å². The standard InChI is InChI=1S/C26H28N4O4S2/c1-4-9-29-23(28-10-12-34-13-11-28)20(17(2)21(15-27)24(29)31)14-22-25(32)30(26(35)36-22)16-18-5-7-19(33-3)8-6-18/h5-8,14H,4,9-13,16H2,1-3H3/b22-14-. The SMILES string of the molecule is CCCn1c(N2CCOCC2)c(/C=C2\SC(=S)N(Cc3ccc(OC)cc3)C2=O)c(C)c(C#N)c1=O. The molecule has 0 N–H and O–H groups in total. The molecular formula is C26H28N4O4S2. The number of ether oxygens (including phenoxy) is 2. The van der Waals surface area contributed by atoms with Gasteiger partial charge in [-0.25, -0.2) is 0 Å². The molecule has 2 aliphatic heterocycles. The number of hydrogen-bond acceptors (Lipinski definition) is 8. The molecular weight excluding hydrogens is 496 g/mol. The van der Waals surface area contributed by atoms with Crippen LogP contribution in [0.2, 0.25) is 0 Å². The lowest BCUT2D eigenvalue weighted by Crippen LogP contribution is -2.41. The van der Waals surface area contributed by atoms with Gasteiger partial charge in [-0.2, -0.15) is 5.26 Å². The highest BCUT2D eigenvalue weighted by molar-refractivity contribution is 8.26. The van der Waals surface area contributed by atoms with Crippen LogP contribution in [0.15, 0.2) is 34.0 Å². The van der Waals surface area contributed by atoms with Crippen molar-refractivity contribution < 1.29 is 14.3 Å². The van der Waals surface area contributed by atoms with E-state index in [2.05, 4.69) is 11.0 Å². The second-order valence-corrected chi connectivity index (χ2v) is 10.2. The van der Waals surface area contributed by atoms with Crippen molar-refractivity contribution in [3.63, 3.8) is 0 Å². The van der Waals surface area contributed by atoms with Crippen LogP contribution in [0.5, 0.6) is 5.75 Å². The number of carbonyl (C=O) groups is 1. The molecule has 2 fully saturated rings. The first kappa shape index (κ1) is 25.9. The number of carbonyl (C=O) groups excluding carboxylic acids is 1. The van der Waals surface area contributed by atoms with Gasteiger partial charge in [0.15, 0.2) is 0 Å². The molecule has 188 valence electrons. The lowest BCUT2D eigenvalue weighted by Gasteiger charge is -2.33. The van der Waals surface area contributed by atoms with Crippen LogP contribution in [-0.4, -0.2) is 53.1 Å². The molecule has 3 heterocycles. The molecule has 2 aliphatic rings. The Morgan fingerprint density at radius 3 is 2.53 bits per heavy atom. The summed E-state index contributed by atoms with van der Waals surface area (Å²) >= 11 is 6.79. The molecule has 0 unspecified atom stereocenters. The van der Waals surface area contributed by atoms with Gasteiger partial charge in [-0.15, -0.1) is 0 Å². The number of rotatable bonds is 7. The summed E-state index contributed by atoms with van der Waals surface area (Å²) in [6.45, 7) is 6.91. The summed E-state index contributed by atoms with van der Waals surface area (Å²) in [5, 5.41) is 9.79. The summed E-state index contributed by atoms with van der Waals surface area (Å²) in [6.07, 6.45) is 2.52. The van der Waals surface area contributed by atoms with E-state index in [0.717, 1.165) is 23.6 Å². The Bertz CT molecular complexity index is 1310. The minimum Gasteiger partial charge on any atom is -0.497 e. The highest BCUT2D eigenvalue weighted by Gasteiger charge is 2.33. The minimum atomic E-state index is -0.303. The van der Waals surface area contributed by atoms with Crippen molar-refractivity contribution in [1.29, 1.82) is 5.26 Å². The van der Waals surface area contributed by atoms with Crippen LogP contribution in [0, 0.1) is 18.3 Å². The molecule has 2 aromatic rings. The maximum atomic E-state index is 13.4. The van der Waals surface area contributed by atoms with Gasteiger partial charge in [0.05, 0.1) is 31.8 Å². The first-order valence-corrected chi connectivity index (χ1v) is 13.0. The van der Waals surface area contributed by atoms with Crippen molar-refractivity contribution in [3.8, 4) is 11.8 Å². The van der Waals surface area contributed by atoms with Gasteiger partial charge < -0.3 is 14.4 Å². The second kappa shape index (κ2) is 11.3. The van der Waals surface area contributed by atoms with Gasteiger partial charge in [0.2, 0.25) is 0 Å². The van der Waals surface area contributed by atoms with Gasteiger partial charge in [-0.05, 0) is 42.7 Å². The molecule has 1 amide bonds. The maximum Gasteiger partial charge on any atom is 0.270 e. The number of hydrogen-bond donors (Lipinski definition) is 0. The number of morpholine rings is 1. The van der Waals surface area contributed by atoms with E-state index in [1.54, 1.807) is 29.6 Å². The average Bonchev–Trinajstić information content (AvgIpc) is 3.15. The predicted octanol–water partition coefficient (Wildman–Crippen LogP) is 3.69. The van der Waals surface area contributed by atoms with Crippen molar-refractivity contribution in [3.05, 3.63) is 61.8 Å². The number of nitriles is 1. The maximum absolute atomic E-state index is 13.4. The van der Waals surface area contributed by atoms with Crippen LogP contribution in [0.25, 0.3) is 6.08 Å². The number of benzene rings is 1. The van der Waals surface area contributed by atoms with E-state index < -0.39 is 0 Å². The minimum absolute atomic E-state index is 0.0976. The summed E-state index contributed by atoms with van der Waals surface area (Å²) in [6, 6.07) is 9.59. The molecule has 4 rings (SSSR count). The summed E-state index contributed by atoms with van der Waals surface area (Å²) in [7, 11) is 1.61. The van der Waals surface area contributed by atoms with E-state index >= 15 is 0 Å². The van der Waals surface area contributed by atoms with Gasteiger partial charge >= 0.3 is 0 Å². The van der Waals surface area contributed by atoms with E-state index in [1.165, 1.54) is 11.8 Å². The van der Waals surface area contributed by atoms with Crippen LogP contribution >= 0.6 is 24.0 Å². The van der Waals surface area contributed by atoms with Gasteiger partial charge in [0.1, 0.15) is 27.5 Å². The zero-order chi connectivity index (χ0) is 25.8. The summed E-state index contributed by atoms with van der Waals surface area (Å²) in [4.78, 5) is 30.8. The van der Waals surface area contributed by atoms with E-state index in [-0.39, 0.29) is 17.0 Å². The zero-order valence-electron chi connectivity index (χ0n) is 20.6. The molecule has 1 aromatic heterocycles. The Hall–Kier alpha value is -3.13. The van der Waals surface area contributed by atoms with E-state index in [0.29, 0.717) is 59.7 Å². The van der Waals surface area contributed by atoms with E-state index in [4.69, 9.17) is 21.7 Å².